The van der Waals surface area contributed by atoms with Gasteiger partial charge in [0, 0.05) is 29.8 Å². The summed E-state index contributed by atoms with van der Waals surface area (Å²) in [5, 5.41) is 4.39. The Morgan fingerprint density at radius 1 is 1.48 bits per heavy atom. The van der Waals surface area contributed by atoms with Crippen molar-refractivity contribution in [3.8, 4) is 0 Å². The first-order valence-corrected chi connectivity index (χ1v) is 7.98. The number of hydrazine groups is 1. The first kappa shape index (κ1) is 15.8. The van der Waals surface area contributed by atoms with Crippen molar-refractivity contribution in [2.75, 3.05) is 25.9 Å². The molecule has 1 aliphatic rings. The monoisotopic (exact) mass is 315 g/mol. The van der Waals surface area contributed by atoms with Crippen molar-refractivity contribution in [1.82, 2.24) is 24.9 Å². The van der Waals surface area contributed by atoms with Gasteiger partial charge >= 0.3 is 0 Å². The predicted molar refractivity (Wildman–Crippen MR) is 92.6 cm³/mol. The van der Waals surface area contributed by atoms with E-state index < -0.39 is 0 Å². The van der Waals surface area contributed by atoms with Crippen molar-refractivity contribution in [3.63, 3.8) is 0 Å². The molecule has 0 bridgehead atoms. The van der Waals surface area contributed by atoms with E-state index in [1.54, 1.807) is 16.9 Å². The first-order chi connectivity index (χ1) is 11.0. The molecule has 2 aromatic rings. The third-order valence-corrected chi connectivity index (χ3v) is 4.70. The lowest BCUT2D eigenvalue weighted by molar-refractivity contribution is 0.248. The molecule has 0 aromatic carbocycles. The largest absolute Gasteiger partial charge is 0.383 e. The van der Waals surface area contributed by atoms with Gasteiger partial charge in [-0.15, -0.1) is 0 Å². The lowest BCUT2D eigenvalue weighted by Crippen LogP contribution is -2.31. The molecule has 0 spiro atoms. The van der Waals surface area contributed by atoms with E-state index >= 15 is 0 Å². The van der Waals surface area contributed by atoms with Crippen molar-refractivity contribution in [1.29, 1.82) is 0 Å². The highest BCUT2D eigenvalue weighted by atomic mass is 15.3. The number of likely N-dealkylation sites (N-methyl/N-ethyl adjacent to an activating group) is 1. The van der Waals surface area contributed by atoms with Gasteiger partial charge in [0.05, 0.1) is 11.9 Å². The van der Waals surface area contributed by atoms with E-state index in [9.17, 15) is 0 Å². The molecule has 0 saturated carbocycles. The van der Waals surface area contributed by atoms with Crippen molar-refractivity contribution < 1.29 is 0 Å². The average Bonchev–Trinajstić information content (AvgIpc) is 2.95. The predicted octanol–water partition coefficient (Wildman–Crippen LogP) is 1.25. The molecular weight excluding hydrogens is 290 g/mol. The maximum Gasteiger partial charge on any atom is 0.165 e. The van der Waals surface area contributed by atoms with Crippen LogP contribution in [0, 0.1) is 6.92 Å². The van der Waals surface area contributed by atoms with Crippen LogP contribution in [0.3, 0.4) is 0 Å². The van der Waals surface area contributed by atoms with Crippen LogP contribution in [-0.2, 0) is 0 Å². The number of nitrogens with two attached hydrogens (primary N) is 2. The highest BCUT2D eigenvalue weighted by Gasteiger charge is 2.24. The summed E-state index contributed by atoms with van der Waals surface area (Å²) in [5.74, 6) is 6.47. The summed E-state index contributed by atoms with van der Waals surface area (Å²) in [4.78, 5) is 7.30. The number of piperidine rings is 1. The number of rotatable bonds is 3. The second kappa shape index (κ2) is 6.17. The van der Waals surface area contributed by atoms with Crippen molar-refractivity contribution >= 4 is 17.0 Å². The smallest absolute Gasteiger partial charge is 0.165 e. The fraction of sp³-hybridized carbons (Fsp3) is 0.500. The zero-order valence-electron chi connectivity index (χ0n) is 14.0. The Kier molecular flexibility index (Phi) is 4.23. The van der Waals surface area contributed by atoms with Gasteiger partial charge in [-0.1, -0.05) is 0 Å². The van der Waals surface area contributed by atoms with Crippen LogP contribution in [0.4, 0.5) is 5.82 Å². The summed E-state index contributed by atoms with van der Waals surface area (Å²) in [5.41, 5.74) is 13.7. The molecule has 5 N–H and O–H groups in total. The van der Waals surface area contributed by atoms with Gasteiger partial charge in [0.25, 0.3) is 0 Å². The van der Waals surface area contributed by atoms with E-state index in [1.165, 1.54) is 6.42 Å². The van der Waals surface area contributed by atoms with Gasteiger partial charge in [0.15, 0.2) is 5.65 Å². The third-order valence-electron chi connectivity index (χ3n) is 4.70. The molecule has 1 aliphatic heterocycles. The van der Waals surface area contributed by atoms with Gasteiger partial charge in [-0.2, -0.15) is 9.61 Å². The Balaban J connectivity index is 2.13. The summed E-state index contributed by atoms with van der Waals surface area (Å²) in [6.07, 6.45) is 5.87. The molecule has 7 heteroatoms. The molecule has 0 radical (unpaired) electrons. The highest BCUT2D eigenvalue weighted by molar-refractivity contribution is 5.75. The van der Waals surface area contributed by atoms with Gasteiger partial charge in [0.2, 0.25) is 0 Å². The van der Waals surface area contributed by atoms with Crippen LogP contribution in [0.5, 0.6) is 0 Å². The van der Waals surface area contributed by atoms with Gasteiger partial charge in [-0.25, -0.2) is 4.98 Å². The van der Waals surface area contributed by atoms with E-state index in [2.05, 4.69) is 22.5 Å². The Bertz CT molecular complexity index is 746. The molecule has 124 valence electrons. The summed E-state index contributed by atoms with van der Waals surface area (Å²) in [7, 11) is 2.16. The van der Waals surface area contributed by atoms with Crippen LogP contribution >= 0.6 is 0 Å². The van der Waals surface area contributed by atoms with Gasteiger partial charge in [-0.3, -0.25) is 5.84 Å². The number of nitrogens with zero attached hydrogens (tertiary/aromatic N) is 4. The molecular formula is C16H25N7. The normalized spacial score (nSPS) is 20.2. The van der Waals surface area contributed by atoms with Crippen LogP contribution in [0.25, 0.3) is 11.2 Å². The number of nitrogens with one attached hydrogen (secondary N) is 1. The molecule has 7 nitrogen and oxygen atoms in total. The second-order valence-electron chi connectivity index (χ2n) is 6.40. The Hall–Kier alpha value is -2.12. The van der Waals surface area contributed by atoms with Gasteiger partial charge < -0.3 is 16.1 Å². The molecule has 1 saturated heterocycles. The van der Waals surface area contributed by atoms with E-state index in [1.807, 2.05) is 13.8 Å². The summed E-state index contributed by atoms with van der Waals surface area (Å²) >= 11 is 0. The summed E-state index contributed by atoms with van der Waals surface area (Å²) < 4.78 is 1.72. The Morgan fingerprint density at radius 2 is 2.26 bits per heavy atom. The minimum atomic E-state index is 0.417. The number of aromatic nitrogens is 3. The van der Waals surface area contributed by atoms with Crippen molar-refractivity contribution in [2.45, 2.75) is 32.6 Å². The van der Waals surface area contributed by atoms with Gasteiger partial charge in [-0.05, 0) is 45.9 Å². The SMILES string of the molecule is C/C(=C\NN)c1cnn2c(N)c(C)c(C3CCCN(C)C3)nc12. The van der Waals surface area contributed by atoms with Crippen molar-refractivity contribution in [2.24, 2.45) is 5.84 Å². The first-order valence-electron chi connectivity index (χ1n) is 7.98. The Labute approximate surface area is 136 Å². The van der Waals surface area contributed by atoms with Gasteiger partial charge in [0.1, 0.15) is 5.82 Å². The molecule has 0 aliphatic carbocycles. The lowest BCUT2D eigenvalue weighted by atomic mass is 9.92. The standard InChI is InChI=1S/C16H25N7/c1-10(7-19-18)13-8-20-23-15(17)11(2)14(21-16(13)23)12-5-4-6-22(3)9-12/h7-8,12,19H,4-6,9,17-18H2,1-3H3/b10-7+. The maximum atomic E-state index is 6.33. The van der Waals surface area contributed by atoms with Crippen LogP contribution in [0.2, 0.25) is 0 Å². The zero-order valence-corrected chi connectivity index (χ0v) is 14.0. The topological polar surface area (TPSA) is 97.5 Å². The number of fused-ring (bicyclic) bond motifs is 1. The fourth-order valence-electron chi connectivity index (χ4n) is 3.38. The minimum absolute atomic E-state index is 0.417. The molecule has 3 heterocycles. The van der Waals surface area contributed by atoms with E-state index in [0.717, 1.165) is 47.6 Å². The number of nitrogen functional groups attached to an aromatic ring is 1. The van der Waals surface area contributed by atoms with Crippen LogP contribution in [0.1, 0.15) is 42.5 Å². The maximum absolute atomic E-state index is 6.33. The minimum Gasteiger partial charge on any atom is -0.383 e. The number of hydrogen-bond acceptors (Lipinski definition) is 6. The van der Waals surface area contributed by atoms with E-state index in [-0.39, 0.29) is 0 Å². The lowest BCUT2D eigenvalue weighted by Gasteiger charge is -2.30. The number of likely N-dealkylation sites (tertiary alicyclic amines) is 1. The molecule has 1 atom stereocenters. The van der Waals surface area contributed by atoms with E-state index in [4.69, 9.17) is 16.6 Å². The van der Waals surface area contributed by atoms with Crippen molar-refractivity contribution in [3.05, 3.63) is 29.2 Å². The van der Waals surface area contributed by atoms with E-state index in [0.29, 0.717) is 11.7 Å². The highest BCUT2D eigenvalue weighted by Crippen LogP contribution is 2.31. The number of hydrogen-bond donors (Lipinski definition) is 3. The molecule has 0 amide bonds. The van der Waals surface area contributed by atoms with Crippen LogP contribution in [0.15, 0.2) is 12.4 Å². The zero-order chi connectivity index (χ0) is 16.6. The Morgan fingerprint density at radius 3 is 2.96 bits per heavy atom. The quantitative estimate of drug-likeness (QED) is 0.582. The number of allylic oxidation sites excluding steroid dienone is 1. The molecule has 1 unspecified atom stereocenters. The van der Waals surface area contributed by atoms with Crippen LogP contribution < -0.4 is 17.0 Å². The summed E-state index contributed by atoms with van der Waals surface area (Å²) in [6, 6.07) is 0. The second-order valence-corrected chi connectivity index (χ2v) is 6.40. The van der Waals surface area contributed by atoms with Crippen LogP contribution in [-0.4, -0.2) is 39.6 Å². The third kappa shape index (κ3) is 2.77. The fourth-order valence-corrected chi connectivity index (χ4v) is 3.38. The molecule has 23 heavy (non-hydrogen) atoms. The molecule has 3 rings (SSSR count). The molecule has 2 aromatic heterocycles. The average molecular weight is 315 g/mol. The number of anilines is 1. The summed E-state index contributed by atoms with van der Waals surface area (Å²) in [6.45, 7) is 6.18. The molecule has 1 fully saturated rings.